The molecule has 0 saturated heterocycles. The molecule has 1 amide bonds. The van der Waals surface area contributed by atoms with Crippen molar-refractivity contribution in [2.75, 3.05) is 7.11 Å². The number of carbonyl (C=O) groups is 1. The summed E-state index contributed by atoms with van der Waals surface area (Å²) < 4.78 is 36.2. The van der Waals surface area contributed by atoms with Gasteiger partial charge in [-0.15, -0.1) is 0 Å². The fraction of sp³-hybridized carbons (Fsp3) is 0.0909. The Hall–Kier alpha value is -3.36. The summed E-state index contributed by atoms with van der Waals surface area (Å²) in [6.07, 6.45) is 3.16. The largest absolute Gasteiger partial charge is 0.495 e. The first-order valence-electron chi connectivity index (χ1n) is 9.18. The van der Waals surface area contributed by atoms with Crippen molar-refractivity contribution >= 4 is 38.3 Å². The lowest BCUT2D eigenvalue weighted by Crippen LogP contribution is -2.22. The standard InChI is InChI=1S/C22H17ClN2O5S/c1-29-19-7-6-17(11-18(19)23)31(27,28)16-4-2-14(3-5-16)12-25-22(26)20-10-15-8-9-24-13-21(15)30-20/h2-11,13H,12H2,1H3,(H,25,26). The van der Waals surface area contributed by atoms with Crippen LogP contribution < -0.4 is 10.1 Å². The van der Waals surface area contributed by atoms with Gasteiger partial charge >= 0.3 is 0 Å². The first-order chi connectivity index (χ1) is 14.9. The molecule has 0 atom stereocenters. The maximum absolute atomic E-state index is 12.8. The number of hydrogen-bond acceptors (Lipinski definition) is 6. The van der Waals surface area contributed by atoms with E-state index in [4.69, 9.17) is 20.8 Å². The molecule has 4 aromatic rings. The second kappa shape index (κ2) is 8.41. The van der Waals surface area contributed by atoms with Crippen LogP contribution in [0.2, 0.25) is 5.02 Å². The zero-order valence-corrected chi connectivity index (χ0v) is 17.9. The van der Waals surface area contributed by atoms with E-state index in [1.165, 1.54) is 37.4 Å². The van der Waals surface area contributed by atoms with E-state index in [9.17, 15) is 13.2 Å². The molecular weight excluding hydrogens is 440 g/mol. The van der Waals surface area contributed by atoms with Crippen LogP contribution in [0.5, 0.6) is 5.75 Å². The molecule has 2 aromatic heterocycles. The van der Waals surface area contributed by atoms with Crippen molar-refractivity contribution in [3.63, 3.8) is 0 Å². The van der Waals surface area contributed by atoms with Crippen molar-refractivity contribution in [2.45, 2.75) is 16.3 Å². The summed E-state index contributed by atoms with van der Waals surface area (Å²) >= 11 is 6.05. The first kappa shape index (κ1) is 20.9. The number of nitrogens with zero attached hydrogens (tertiary/aromatic N) is 1. The molecule has 31 heavy (non-hydrogen) atoms. The van der Waals surface area contributed by atoms with Crippen LogP contribution in [-0.2, 0) is 16.4 Å². The number of benzene rings is 2. The summed E-state index contributed by atoms with van der Waals surface area (Å²) in [5, 5.41) is 3.75. The SMILES string of the molecule is COc1ccc(S(=O)(=O)c2ccc(CNC(=O)c3cc4ccncc4o3)cc2)cc1Cl. The zero-order chi connectivity index (χ0) is 22.0. The molecule has 9 heteroatoms. The summed E-state index contributed by atoms with van der Waals surface area (Å²) in [5.74, 6) is 0.201. The van der Waals surface area contributed by atoms with Gasteiger partial charge in [0.15, 0.2) is 11.3 Å². The Morgan fingerprint density at radius 1 is 1.10 bits per heavy atom. The Bertz CT molecular complexity index is 1330. The van der Waals surface area contributed by atoms with Crippen molar-refractivity contribution in [2.24, 2.45) is 0 Å². The average molecular weight is 457 g/mol. The van der Waals surface area contributed by atoms with Crippen molar-refractivity contribution in [1.29, 1.82) is 0 Å². The molecule has 4 rings (SSSR count). The Labute approximate surface area is 183 Å². The van der Waals surface area contributed by atoms with Gasteiger partial charge in [-0.1, -0.05) is 23.7 Å². The van der Waals surface area contributed by atoms with Crippen LogP contribution in [0.3, 0.4) is 0 Å². The molecule has 1 N–H and O–H groups in total. The topological polar surface area (TPSA) is 98.5 Å². The van der Waals surface area contributed by atoms with Crippen molar-refractivity contribution in [1.82, 2.24) is 10.3 Å². The van der Waals surface area contributed by atoms with Crippen LogP contribution in [-0.4, -0.2) is 26.4 Å². The van der Waals surface area contributed by atoms with Gasteiger partial charge in [-0.05, 0) is 48.0 Å². The lowest BCUT2D eigenvalue weighted by Gasteiger charge is -2.09. The summed E-state index contributed by atoms with van der Waals surface area (Å²) in [7, 11) is -2.28. The summed E-state index contributed by atoms with van der Waals surface area (Å²) in [5.41, 5.74) is 1.26. The zero-order valence-electron chi connectivity index (χ0n) is 16.3. The Kier molecular flexibility index (Phi) is 5.67. The highest BCUT2D eigenvalue weighted by Crippen LogP contribution is 2.30. The molecule has 158 valence electrons. The molecule has 0 aliphatic carbocycles. The molecule has 7 nitrogen and oxygen atoms in total. The molecule has 2 aromatic carbocycles. The van der Waals surface area contributed by atoms with Crippen LogP contribution in [0.25, 0.3) is 11.0 Å². The Balaban J connectivity index is 1.46. The van der Waals surface area contributed by atoms with Gasteiger partial charge in [0.05, 0.1) is 28.1 Å². The number of methoxy groups -OCH3 is 1. The molecule has 0 bridgehead atoms. The summed E-state index contributed by atoms with van der Waals surface area (Å²) in [6.45, 7) is 0.211. The highest BCUT2D eigenvalue weighted by Gasteiger charge is 2.19. The predicted molar refractivity (Wildman–Crippen MR) is 115 cm³/mol. The van der Waals surface area contributed by atoms with E-state index in [0.29, 0.717) is 11.3 Å². The number of hydrogen-bond donors (Lipinski definition) is 1. The number of rotatable bonds is 6. The van der Waals surface area contributed by atoms with E-state index < -0.39 is 9.84 Å². The van der Waals surface area contributed by atoms with Gasteiger partial charge in [0.2, 0.25) is 9.84 Å². The molecule has 0 aliphatic heterocycles. The lowest BCUT2D eigenvalue weighted by atomic mass is 10.2. The summed E-state index contributed by atoms with van der Waals surface area (Å²) in [4.78, 5) is 16.5. The quantitative estimate of drug-likeness (QED) is 0.465. The number of pyridine rings is 1. The fourth-order valence-corrected chi connectivity index (χ4v) is 4.61. The van der Waals surface area contributed by atoms with Crippen LogP contribution in [0, 0.1) is 0 Å². The molecule has 0 radical (unpaired) electrons. The minimum Gasteiger partial charge on any atom is -0.495 e. The van der Waals surface area contributed by atoms with Crippen molar-refractivity contribution < 1.29 is 22.4 Å². The van der Waals surface area contributed by atoms with Gasteiger partial charge in [-0.2, -0.15) is 0 Å². The van der Waals surface area contributed by atoms with Crippen LogP contribution in [0.4, 0.5) is 0 Å². The van der Waals surface area contributed by atoms with E-state index in [-0.39, 0.29) is 33.0 Å². The fourth-order valence-electron chi connectivity index (χ4n) is 3.00. The maximum atomic E-state index is 12.8. The normalized spacial score (nSPS) is 11.4. The molecule has 0 unspecified atom stereocenters. The van der Waals surface area contributed by atoms with Crippen molar-refractivity contribution in [3.8, 4) is 5.75 Å². The second-order valence-electron chi connectivity index (χ2n) is 6.65. The molecular formula is C22H17ClN2O5S. The number of furan rings is 1. The van der Waals surface area contributed by atoms with Gasteiger partial charge < -0.3 is 14.5 Å². The third kappa shape index (κ3) is 4.26. The monoisotopic (exact) mass is 456 g/mol. The lowest BCUT2D eigenvalue weighted by molar-refractivity contribution is 0.0925. The smallest absolute Gasteiger partial charge is 0.287 e. The Morgan fingerprint density at radius 2 is 1.84 bits per heavy atom. The number of amides is 1. The number of carbonyl (C=O) groups excluding carboxylic acids is 1. The number of aromatic nitrogens is 1. The van der Waals surface area contributed by atoms with Gasteiger partial charge in [0.1, 0.15) is 5.75 Å². The number of halogens is 1. The molecule has 0 aliphatic rings. The van der Waals surface area contributed by atoms with E-state index in [1.807, 2.05) is 0 Å². The summed E-state index contributed by atoms with van der Waals surface area (Å²) in [6, 6.07) is 14.0. The van der Waals surface area contributed by atoms with E-state index in [1.54, 1.807) is 36.7 Å². The van der Waals surface area contributed by atoms with Crippen LogP contribution >= 0.6 is 11.6 Å². The molecule has 2 heterocycles. The highest BCUT2D eigenvalue weighted by molar-refractivity contribution is 7.91. The van der Waals surface area contributed by atoms with Crippen molar-refractivity contribution in [3.05, 3.63) is 83.3 Å². The average Bonchev–Trinajstić information content (AvgIpc) is 3.22. The highest BCUT2D eigenvalue weighted by atomic mass is 35.5. The number of fused-ring (bicyclic) bond motifs is 1. The third-order valence-electron chi connectivity index (χ3n) is 4.67. The Morgan fingerprint density at radius 3 is 2.52 bits per heavy atom. The number of sulfone groups is 1. The van der Waals surface area contributed by atoms with Gasteiger partial charge in [0, 0.05) is 18.1 Å². The van der Waals surface area contributed by atoms with Gasteiger partial charge in [-0.3, -0.25) is 9.78 Å². The molecule has 0 saturated carbocycles. The van der Waals surface area contributed by atoms with E-state index in [0.717, 1.165) is 10.9 Å². The molecule has 0 fully saturated rings. The van der Waals surface area contributed by atoms with Crippen LogP contribution in [0.15, 0.2) is 81.2 Å². The number of nitrogens with one attached hydrogen (secondary N) is 1. The maximum Gasteiger partial charge on any atom is 0.287 e. The number of ether oxygens (including phenoxy) is 1. The van der Waals surface area contributed by atoms with Crippen LogP contribution in [0.1, 0.15) is 16.1 Å². The first-order valence-corrected chi connectivity index (χ1v) is 11.0. The third-order valence-corrected chi connectivity index (χ3v) is 6.73. The van der Waals surface area contributed by atoms with E-state index in [2.05, 4.69) is 10.3 Å². The van der Waals surface area contributed by atoms with Gasteiger partial charge in [0.25, 0.3) is 5.91 Å². The minimum atomic E-state index is -3.74. The van der Waals surface area contributed by atoms with E-state index >= 15 is 0 Å². The minimum absolute atomic E-state index is 0.0683. The van der Waals surface area contributed by atoms with Gasteiger partial charge in [-0.25, -0.2) is 8.42 Å². The molecule has 0 spiro atoms. The predicted octanol–water partition coefficient (Wildman–Crippen LogP) is 4.25. The second-order valence-corrected chi connectivity index (χ2v) is 9.01.